The van der Waals surface area contributed by atoms with Crippen LogP contribution >= 0.6 is 0 Å². The lowest BCUT2D eigenvalue weighted by Crippen LogP contribution is -2.45. The predicted octanol–water partition coefficient (Wildman–Crippen LogP) is 1.96. The first-order chi connectivity index (χ1) is 8.88. The number of nitrogens with one attached hydrogen (secondary N) is 1. The molecule has 0 radical (unpaired) electrons. The standard InChI is InChI=1S/C13H22N2O3S/c1-10-5-4-6-15(9-10)19(16,17)14-8-13-7-11(2)18-12(13)3/h7,10,14H,4-6,8-9H2,1-3H3. The second-order valence-electron chi connectivity index (χ2n) is 5.37. The fourth-order valence-electron chi connectivity index (χ4n) is 2.48. The number of hydrogen-bond donors (Lipinski definition) is 1. The Morgan fingerprint density at radius 3 is 2.79 bits per heavy atom. The molecule has 1 aromatic rings. The first-order valence-electron chi connectivity index (χ1n) is 6.69. The van der Waals surface area contributed by atoms with Gasteiger partial charge in [-0.15, -0.1) is 0 Å². The molecule has 0 aromatic carbocycles. The molecule has 0 aliphatic carbocycles. The molecule has 1 saturated heterocycles. The third kappa shape index (κ3) is 3.58. The van der Waals surface area contributed by atoms with Crippen molar-refractivity contribution < 1.29 is 12.8 Å². The Labute approximate surface area is 115 Å². The van der Waals surface area contributed by atoms with Gasteiger partial charge in [-0.3, -0.25) is 0 Å². The number of furan rings is 1. The molecule has 0 bridgehead atoms. The summed E-state index contributed by atoms with van der Waals surface area (Å²) in [4.78, 5) is 0. The second kappa shape index (κ2) is 5.64. The highest BCUT2D eigenvalue weighted by atomic mass is 32.2. The van der Waals surface area contributed by atoms with Crippen molar-refractivity contribution in [1.29, 1.82) is 0 Å². The van der Waals surface area contributed by atoms with Crippen LogP contribution in [0.25, 0.3) is 0 Å². The van der Waals surface area contributed by atoms with Gasteiger partial charge in [0.2, 0.25) is 0 Å². The van der Waals surface area contributed by atoms with Crippen LogP contribution in [-0.4, -0.2) is 25.8 Å². The van der Waals surface area contributed by atoms with Crippen LogP contribution < -0.4 is 4.72 Å². The van der Waals surface area contributed by atoms with Gasteiger partial charge in [-0.25, -0.2) is 0 Å². The summed E-state index contributed by atoms with van der Waals surface area (Å²) in [6.07, 6.45) is 2.04. The molecule has 2 rings (SSSR count). The Bertz CT molecular complexity index is 536. The quantitative estimate of drug-likeness (QED) is 0.920. The summed E-state index contributed by atoms with van der Waals surface area (Å²) in [6, 6.07) is 1.87. The molecule has 1 fully saturated rings. The average Bonchev–Trinajstić information content (AvgIpc) is 2.65. The number of nitrogens with zero attached hydrogens (tertiary/aromatic N) is 1. The fourth-order valence-corrected chi connectivity index (χ4v) is 3.82. The Morgan fingerprint density at radius 1 is 1.47 bits per heavy atom. The van der Waals surface area contributed by atoms with Gasteiger partial charge in [-0.05, 0) is 38.7 Å². The predicted molar refractivity (Wildman–Crippen MR) is 73.9 cm³/mol. The van der Waals surface area contributed by atoms with Gasteiger partial charge >= 0.3 is 0 Å². The van der Waals surface area contributed by atoms with E-state index in [0.29, 0.717) is 19.0 Å². The van der Waals surface area contributed by atoms with Crippen LogP contribution in [0.1, 0.15) is 36.8 Å². The van der Waals surface area contributed by atoms with E-state index in [-0.39, 0.29) is 6.54 Å². The van der Waals surface area contributed by atoms with E-state index in [1.807, 2.05) is 19.9 Å². The van der Waals surface area contributed by atoms with Gasteiger partial charge in [0.05, 0.1) is 0 Å². The fraction of sp³-hybridized carbons (Fsp3) is 0.692. The number of aryl methyl sites for hydroxylation is 2. The zero-order chi connectivity index (χ0) is 14.0. The van der Waals surface area contributed by atoms with Crippen molar-refractivity contribution in [2.45, 2.75) is 40.2 Å². The summed E-state index contributed by atoms with van der Waals surface area (Å²) < 4.78 is 34.0. The van der Waals surface area contributed by atoms with Gasteiger partial charge in [0.25, 0.3) is 10.2 Å². The topological polar surface area (TPSA) is 62.6 Å². The molecule has 1 aliphatic rings. The molecule has 108 valence electrons. The minimum absolute atomic E-state index is 0.288. The summed E-state index contributed by atoms with van der Waals surface area (Å²) in [6.45, 7) is 7.31. The highest BCUT2D eigenvalue weighted by molar-refractivity contribution is 7.87. The summed E-state index contributed by atoms with van der Waals surface area (Å²) in [5.41, 5.74) is 0.895. The summed E-state index contributed by atoms with van der Waals surface area (Å²) >= 11 is 0. The molecule has 1 atom stereocenters. The number of hydrogen-bond acceptors (Lipinski definition) is 3. The van der Waals surface area contributed by atoms with E-state index in [1.165, 1.54) is 0 Å². The molecule has 5 nitrogen and oxygen atoms in total. The minimum Gasteiger partial charge on any atom is -0.466 e. The van der Waals surface area contributed by atoms with E-state index < -0.39 is 10.2 Å². The smallest absolute Gasteiger partial charge is 0.279 e. The van der Waals surface area contributed by atoms with Crippen LogP contribution in [0.15, 0.2) is 10.5 Å². The van der Waals surface area contributed by atoms with Crippen LogP contribution in [0.4, 0.5) is 0 Å². The van der Waals surface area contributed by atoms with Gasteiger partial charge in [-0.2, -0.15) is 17.4 Å². The molecule has 0 amide bonds. The van der Waals surface area contributed by atoms with Gasteiger partial charge in [0.1, 0.15) is 11.5 Å². The highest BCUT2D eigenvalue weighted by Crippen LogP contribution is 2.18. The SMILES string of the molecule is Cc1cc(CNS(=O)(=O)N2CCCC(C)C2)c(C)o1. The van der Waals surface area contributed by atoms with Crippen LogP contribution in [0.2, 0.25) is 0 Å². The lowest BCUT2D eigenvalue weighted by molar-refractivity contribution is 0.278. The van der Waals surface area contributed by atoms with Crippen LogP contribution in [0, 0.1) is 19.8 Å². The normalized spacial score (nSPS) is 21.7. The molecule has 1 aliphatic heterocycles. The molecule has 1 N–H and O–H groups in total. The molecule has 0 saturated carbocycles. The summed E-state index contributed by atoms with van der Waals surface area (Å²) in [7, 11) is -3.38. The molecule has 2 heterocycles. The van der Waals surface area contributed by atoms with Crippen molar-refractivity contribution in [3.05, 3.63) is 23.2 Å². The van der Waals surface area contributed by atoms with E-state index in [9.17, 15) is 8.42 Å². The van der Waals surface area contributed by atoms with Crippen molar-refractivity contribution in [3.63, 3.8) is 0 Å². The molecule has 0 spiro atoms. The van der Waals surface area contributed by atoms with E-state index in [4.69, 9.17) is 4.42 Å². The maximum Gasteiger partial charge on any atom is 0.279 e. The number of piperidine rings is 1. The summed E-state index contributed by atoms with van der Waals surface area (Å²) in [5.74, 6) is 2.01. The zero-order valence-corrected chi connectivity index (χ0v) is 12.6. The largest absolute Gasteiger partial charge is 0.466 e. The maximum atomic E-state index is 12.2. The van der Waals surface area contributed by atoms with Crippen LogP contribution in [0.5, 0.6) is 0 Å². The molecular weight excluding hydrogens is 264 g/mol. The van der Waals surface area contributed by atoms with Crippen molar-refractivity contribution in [2.75, 3.05) is 13.1 Å². The summed E-state index contributed by atoms with van der Waals surface area (Å²) in [5, 5.41) is 0. The van der Waals surface area contributed by atoms with E-state index in [0.717, 1.165) is 29.9 Å². The van der Waals surface area contributed by atoms with E-state index >= 15 is 0 Å². The Kier molecular flexibility index (Phi) is 4.32. The van der Waals surface area contributed by atoms with Crippen molar-refractivity contribution in [1.82, 2.24) is 9.03 Å². The zero-order valence-electron chi connectivity index (χ0n) is 11.8. The third-order valence-electron chi connectivity index (χ3n) is 3.55. The molecule has 1 aromatic heterocycles. The first-order valence-corrected chi connectivity index (χ1v) is 8.13. The van der Waals surface area contributed by atoms with Crippen molar-refractivity contribution in [2.24, 2.45) is 5.92 Å². The Hall–Kier alpha value is -0.850. The maximum absolute atomic E-state index is 12.2. The van der Waals surface area contributed by atoms with Crippen molar-refractivity contribution >= 4 is 10.2 Å². The molecule has 6 heteroatoms. The molecule has 19 heavy (non-hydrogen) atoms. The van der Waals surface area contributed by atoms with Gasteiger partial charge in [-0.1, -0.05) is 6.92 Å². The first kappa shape index (κ1) is 14.6. The lowest BCUT2D eigenvalue weighted by Gasteiger charge is -2.29. The average molecular weight is 286 g/mol. The lowest BCUT2D eigenvalue weighted by atomic mass is 10.0. The molecular formula is C13H22N2O3S. The highest BCUT2D eigenvalue weighted by Gasteiger charge is 2.26. The monoisotopic (exact) mass is 286 g/mol. The molecule has 1 unspecified atom stereocenters. The van der Waals surface area contributed by atoms with Crippen LogP contribution in [-0.2, 0) is 16.8 Å². The van der Waals surface area contributed by atoms with Gasteiger partial charge < -0.3 is 4.42 Å². The van der Waals surface area contributed by atoms with E-state index in [2.05, 4.69) is 11.6 Å². The minimum atomic E-state index is -3.38. The van der Waals surface area contributed by atoms with Crippen LogP contribution in [0.3, 0.4) is 0 Å². The Balaban J connectivity index is 1.99. The third-order valence-corrected chi connectivity index (χ3v) is 5.07. The van der Waals surface area contributed by atoms with Gasteiger partial charge in [0.15, 0.2) is 0 Å². The Morgan fingerprint density at radius 2 is 2.21 bits per heavy atom. The van der Waals surface area contributed by atoms with Crippen molar-refractivity contribution in [3.8, 4) is 0 Å². The number of rotatable bonds is 4. The van der Waals surface area contributed by atoms with Gasteiger partial charge in [0, 0.05) is 25.2 Å². The second-order valence-corrected chi connectivity index (χ2v) is 7.13. The van der Waals surface area contributed by atoms with E-state index in [1.54, 1.807) is 4.31 Å².